The van der Waals surface area contributed by atoms with Crippen LogP contribution in [0.4, 0.5) is 5.69 Å². The lowest BCUT2D eigenvalue weighted by Gasteiger charge is -2.33. The van der Waals surface area contributed by atoms with Crippen molar-refractivity contribution >= 4 is 55.1 Å². The molecule has 0 fully saturated rings. The zero-order chi connectivity index (χ0) is 31.7. The average Bonchev–Trinajstić information content (AvgIpc) is 3.03. The molecule has 0 aliphatic carbocycles. The second-order valence-corrected chi connectivity index (χ2v) is 13.1. The van der Waals surface area contributed by atoms with Gasteiger partial charge in [0, 0.05) is 29.5 Å². The maximum atomic E-state index is 14.3. The minimum atomic E-state index is -4.21. The van der Waals surface area contributed by atoms with Crippen molar-refractivity contribution < 1.29 is 22.7 Å². The quantitative estimate of drug-likeness (QED) is 0.183. The molecule has 0 aliphatic heterocycles. The van der Waals surface area contributed by atoms with Gasteiger partial charge in [0.05, 0.1) is 17.2 Å². The number of ether oxygens (including phenoxy) is 1. The second kappa shape index (κ2) is 15.2. The molecule has 1 N–H and O–H groups in total. The van der Waals surface area contributed by atoms with Crippen molar-refractivity contribution in [2.24, 2.45) is 0 Å². The van der Waals surface area contributed by atoms with Crippen LogP contribution in [0.15, 0.2) is 112 Å². The van der Waals surface area contributed by atoms with Crippen molar-refractivity contribution in [3.8, 4) is 5.75 Å². The van der Waals surface area contributed by atoms with E-state index < -0.39 is 28.5 Å². The Morgan fingerprint density at radius 1 is 0.886 bits per heavy atom. The van der Waals surface area contributed by atoms with E-state index in [1.165, 1.54) is 24.1 Å². The summed E-state index contributed by atoms with van der Waals surface area (Å²) >= 11 is 9.46. The van der Waals surface area contributed by atoms with Gasteiger partial charge in [-0.25, -0.2) is 8.42 Å². The number of sulfonamides is 1. The highest BCUT2D eigenvalue weighted by Gasteiger charge is 2.34. The number of hydrogen-bond donors (Lipinski definition) is 1. The van der Waals surface area contributed by atoms with Gasteiger partial charge in [-0.15, -0.1) is 0 Å². The molecule has 4 aromatic rings. The smallest absolute Gasteiger partial charge is 0.264 e. The molecule has 0 radical (unpaired) electrons. The van der Waals surface area contributed by atoms with Crippen molar-refractivity contribution in [2.75, 3.05) is 24.5 Å². The fourth-order valence-electron chi connectivity index (χ4n) is 4.64. The first-order valence-corrected chi connectivity index (χ1v) is 16.5. The fourth-order valence-corrected chi connectivity index (χ4v) is 6.45. The minimum absolute atomic E-state index is 0.0128. The lowest BCUT2D eigenvalue weighted by atomic mass is 10.0. The summed E-state index contributed by atoms with van der Waals surface area (Å²) < 4.78 is 35.5. The summed E-state index contributed by atoms with van der Waals surface area (Å²) in [5.74, 6) is -0.367. The summed E-state index contributed by atoms with van der Waals surface area (Å²) in [5.41, 5.74) is 1.85. The SMILES string of the molecule is CCOc1ccc(N(CC(=O)N(Cc2ccc(Cl)cc2)C(Cc2ccccc2)C(=O)NC)S(=O)(=O)c2ccc(Br)cc2)cc1. The third-order valence-corrected chi connectivity index (χ3v) is 9.47. The van der Waals surface area contributed by atoms with Crippen LogP contribution in [0.2, 0.25) is 5.02 Å². The first kappa shape index (κ1) is 33.0. The summed E-state index contributed by atoms with van der Waals surface area (Å²) in [6.07, 6.45) is 0.225. The van der Waals surface area contributed by atoms with Crippen LogP contribution >= 0.6 is 27.5 Å². The molecule has 1 atom stereocenters. The number of amides is 2. The van der Waals surface area contributed by atoms with Gasteiger partial charge in [0.25, 0.3) is 10.0 Å². The zero-order valence-corrected chi connectivity index (χ0v) is 27.5. The van der Waals surface area contributed by atoms with Crippen LogP contribution in [0.5, 0.6) is 5.75 Å². The van der Waals surface area contributed by atoms with Crippen LogP contribution < -0.4 is 14.4 Å². The molecule has 0 bridgehead atoms. The first-order valence-electron chi connectivity index (χ1n) is 13.9. The molecule has 44 heavy (non-hydrogen) atoms. The van der Waals surface area contributed by atoms with Crippen LogP contribution in [0, 0.1) is 0 Å². The van der Waals surface area contributed by atoms with Crippen molar-refractivity contribution in [3.05, 3.63) is 124 Å². The highest BCUT2D eigenvalue weighted by atomic mass is 79.9. The van der Waals surface area contributed by atoms with Gasteiger partial charge in [-0.1, -0.05) is 70.0 Å². The molecule has 4 rings (SSSR count). The van der Waals surface area contributed by atoms with E-state index in [0.717, 1.165) is 15.4 Å². The van der Waals surface area contributed by atoms with Crippen LogP contribution in [0.3, 0.4) is 0 Å². The Kier molecular flexibility index (Phi) is 11.4. The van der Waals surface area contributed by atoms with Crippen LogP contribution in [0.25, 0.3) is 0 Å². The average molecular weight is 699 g/mol. The molecule has 8 nitrogen and oxygen atoms in total. The van der Waals surface area contributed by atoms with Gasteiger partial charge in [-0.2, -0.15) is 0 Å². The third kappa shape index (κ3) is 8.40. The number of likely N-dealkylation sites (N-methyl/N-ethyl adjacent to an activating group) is 1. The lowest BCUT2D eigenvalue weighted by molar-refractivity contribution is -0.139. The van der Waals surface area contributed by atoms with Crippen molar-refractivity contribution in [1.82, 2.24) is 10.2 Å². The largest absolute Gasteiger partial charge is 0.494 e. The topological polar surface area (TPSA) is 96.0 Å². The predicted octanol–water partition coefficient (Wildman–Crippen LogP) is 6.08. The number of nitrogens with one attached hydrogen (secondary N) is 1. The van der Waals surface area contributed by atoms with E-state index >= 15 is 0 Å². The molecule has 0 aliphatic rings. The number of halogens is 2. The number of nitrogens with zero attached hydrogens (tertiary/aromatic N) is 2. The molecule has 4 aromatic carbocycles. The lowest BCUT2D eigenvalue weighted by Crippen LogP contribution is -2.53. The highest BCUT2D eigenvalue weighted by Crippen LogP contribution is 2.28. The van der Waals surface area contributed by atoms with E-state index in [-0.39, 0.29) is 29.5 Å². The van der Waals surface area contributed by atoms with E-state index in [1.807, 2.05) is 37.3 Å². The summed E-state index contributed by atoms with van der Waals surface area (Å²) in [7, 11) is -2.70. The Morgan fingerprint density at radius 2 is 1.52 bits per heavy atom. The number of benzene rings is 4. The van der Waals surface area contributed by atoms with Crippen LogP contribution in [-0.2, 0) is 32.6 Å². The predicted molar refractivity (Wildman–Crippen MR) is 176 cm³/mol. The zero-order valence-electron chi connectivity index (χ0n) is 24.3. The van der Waals surface area contributed by atoms with E-state index in [2.05, 4.69) is 21.2 Å². The van der Waals surface area contributed by atoms with Crippen molar-refractivity contribution in [1.29, 1.82) is 0 Å². The van der Waals surface area contributed by atoms with Gasteiger partial charge < -0.3 is 15.0 Å². The van der Waals surface area contributed by atoms with Gasteiger partial charge in [-0.05, 0) is 78.7 Å². The van der Waals surface area contributed by atoms with E-state index in [1.54, 1.807) is 60.7 Å². The van der Waals surface area contributed by atoms with Crippen LogP contribution in [0.1, 0.15) is 18.1 Å². The van der Waals surface area contributed by atoms with Gasteiger partial charge in [0.2, 0.25) is 11.8 Å². The summed E-state index contributed by atoms with van der Waals surface area (Å²) in [6, 6.07) is 28.1. The van der Waals surface area contributed by atoms with E-state index in [4.69, 9.17) is 16.3 Å². The Morgan fingerprint density at radius 3 is 2.11 bits per heavy atom. The number of hydrogen-bond acceptors (Lipinski definition) is 5. The molecule has 0 spiro atoms. The van der Waals surface area contributed by atoms with Gasteiger partial charge in [0.1, 0.15) is 18.3 Å². The van der Waals surface area contributed by atoms with E-state index in [0.29, 0.717) is 21.9 Å². The molecule has 0 aromatic heterocycles. The molecular weight excluding hydrogens is 666 g/mol. The Bertz CT molecular complexity index is 1650. The molecule has 1 unspecified atom stereocenters. The number of anilines is 1. The molecule has 11 heteroatoms. The molecule has 0 heterocycles. The van der Waals surface area contributed by atoms with Crippen LogP contribution in [-0.4, -0.2) is 51.4 Å². The first-order chi connectivity index (χ1) is 21.1. The van der Waals surface area contributed by atoms with Gasteiger partial charge >= 0.3 is 0 Å². The van der Waals surface area contributed by atoms with Crippen molar-refractivity contribution in [3.63, 3.8) is 0 Å². The Labute approximate surface area is 271 Å². The van der Waals surface area contributed by atoms with E-state index in [9.17, 15) is 18.0 Å². The molecule has 0 saturated heterocycles. The Balaban J connectivity index is 1.78. The summed E-state index contributed by atoms with van der Waals surface area (Å²) in [5, 5.41) is 3.20. The third-order valence-electron chi connectivity index (χ3n) is 6.90. The maximum Gasteiger partial charge on any atom is 0.264 e. The Hall–Kier alpha value is -3.86. The summed E-state index contributed by atoms with van der Waals surface area (Å²) in [4.78, 5) is 29.1. The standard InChI is InChI=1S/C33H33BrClN3O5S/c1-3-43-29-17-15-28(16-18-29)38(44(41,42)30-19-11-26(34)12-20-30)23-32(39)37(22-25-9-13-27(35)14-10-25)31(33(40)36-2)21-24-7-5-4-6-8-24/h4-20,31H,3,21-23H2,1-2H3,(H,36,40). The molecular formula is C33H33BrClN3O5S. The van der Waals surface area contributed by atoms with Gasteiger partial charge in [-0.3, -0.25) is 13.9 Å². The molecule has 230 valence electrons. The number of carbonyl (C=O) groups excluding carboxylic acids is 2. The minimum Gasteiger partial charge on any atom is -0.494 e. The molecule has 2 amide bonds. The monoisotopic (exact) mass is 697 g/mol. The number of carbonyl (C=O) groups is 2. The second-order valence-electron chi connectivity index (χ2n) is 9.86. The highest BCUT2D eigenvalue weighted by molar-refractivity contribution is 9.10. The van der Waals surface area contributed by atoms with Gasteiger partial charge in [0.15, 0.2) is 0 Å². The summed E-state index contributed by atoms with van der Waals surface area (Å²) in [6.45, 7) is 1.80. The number of rotatable bonds is 13. The fraction of sp³-hybridized carbons (Fsp3) is 0.212. The normalized spacial score (nSPS) is 11.8. The van der Waals surface area contributed by atoms with Crippen molar-refractivity contribution in [2.45, 2.75) is 30.8 Å². The maximum absolute atomic E-state index is 14.3. The molecule has 0 saturated carbocycles.